The van der Waals surface area contributed by atoms with E-state index in [4.69, 9.17) is 4.74 Å². The standard InChI is InChI=1S/C16H28N4O2/c1-13-5-4-6-14(2)20(13)11-16(21)18-10-15-9-17-12-19(15)7-8-22-3/h9,12-14H,4-8,10-11H2,1-3H3,(H,18,21)/t13-,14+. The number of hydrogen-bond acceptors (Lipinski definition) is 4. The summed E-state index contributed by atoms with van der Waals surface area (Å²) < 4.78 is 7.09. The molecule has 1 amide bonds. The predicted molar refractivity (Wildman–Crippen MR) is 85.4 cm³/mol. The van der Waals surface area contributed by atoms with Gasteiger partial charge in [0.25, 0.3) is 0 Å². The molecule has 1 fully saturated rings. The van der Waals surface area contributed by atoms with E-state index in [9.17, 15) is 4.79 Å². The Balaban J connectivity index is 1.81. The highest BCUT2D eigenvalue weighted by molar-refractivity contribution is 5.78. The van der Waals surface area contributed by atoms with Crippen molar-refractivity contribution in [3.63, 3.8) is 0 Å². The highest BCUT2D eigenvalue weighted by Crippen LogP contribution is 2.21. The Morgan fingerprint density at radius 1 is 1.41 bits per heavy atom. The van der Waals surface area contributed by atoms with E-state index in [2.05, 4.69) is 29.0 Å². The molecule has 6 nitrogen and oxygen atoms in total. The molecular weight excluding hydrogens is 280 g/mol. The minimum Gasteiger partial charge on any atom is -0.383 e. The van der Waals surface area contributed by atoms with Gasteiger partial charge in [0.1, 0.15) is 0 Å². The first-order valence-corrected chi connectivity index (χ1v) is 8.12. The molecule has 0 bridgehead atoms. The number of rotatable bonds is 7. The SMILES string of the molecule is COCCn1cncc1CNC(=O)CN1[C@H](C)CCC[C@@H]1C. The normalized spacial score (nSPS) is 22.7. The Hall–Kier alpha value is -1.40. The van der Waals surface area contributed by atoms with Gasteiger partial charge in [-0.3, -0.25) is 9.69 Å². The van der Waals surface area contributed by atoms with E-state index in [-0.39, 0.29) is 5.91 Å². The Labute approximate surface area is 132 Å². The van der Waals surface area contributed by atoms with Crippen molar-refractivity contribution in [1.82, 2.24) is 19.8 Å². The van der Waals surface area contributed by atoms with Crippen molar-refractivity contribution in [3.8, 4) is 0 Å². The molecule has 1 N–H and O–H groups in total. The second-order valence-electron chi connectivity index (χ2n) is 6.15. The van der Waals surface area contributed by atoms with Crippen molar-refractivity contribution in [2.24, 2.45) is 0 Å². The molecule has 1 aromatic heterocycles. The van der Waals surface area contributed by atoms with Gasteiger partial charge in [0.2, 0.25) is 5.91 Å². The highest BCUT2D eigenvalue weighted by Gasteiger charge is 2.26. The second-order valence-corrected chi connectivity index (χ2v) is 6.15. The predicted octanol–water partition coefficient (Wildman–Crippen LogP) is 1.41. The number of aromatic nitrogens is 2. The molecule has 22 heavy (non-hydrogen) atoms. The fourth-order valence-corrected chi connectivity index (χ4v) is 3.08. The Kier molecular flexibility index (Phi) is 6.39. The molecule has 0 radical (unpaired) electrons. The summed E-state index contributed by atoms with van der Waals surface area (Å²) in [6.45, 7) is 6.81. The molecule has 2 heterocycles. The number of ether oxygens (including phenoxy) is 1. The van der Waals surface area contributed by atoms with Crippen LogP contribution in [0, 0.1) is 0 Å². The summed E-state index contributed by atoms with van der Waals surface area (Å²) in [6, 6.07) is 0.975. The minimum atomic E-state index is 0.0834. The van der Waals surface area contributed by atoms with Gasteiger partial charge in [-0.1, -0.05) is 6.42 Å². The molecule has 1 saturated heterocycles. The van der Waals surface area contributed by atoms with E-state index in [1.807, 2.05) is 4.57 Å². The van der Waals surface area contributed by atoms with Crippen molar-refractivity contribution >= 4 is 5.91 Å². The summed E-state index contributed by atoms with van der Waals surface area (Å²) in [6.07, 6.45) is 7.19. The quantitative estimate of drug-likeness (QED) is 0.827. The van der Waals surface area contributed by atoms with Gasteiger partial charge >= 0.3 is 0 Å². The van der Waals surface area contributed by atoms with E-state index >= 15 is 0 Å². The summed E-state index contributed by atoms with van der Waals surface area (Å²) in [7, 11) is 1.68. The number of nitrogens with one attached hydrogen (secondary N) is 1. The third kappa shape index (κ3) is 4.55. The van der Waals surface area contributed by atoms with Crippen LogP contribution in [-0.4, -0.2) is 52.7 Å². The van der Waals surface area contributed by atoms with Crippen molar-refractivity contribution in [2.75, 3.05) is 20.3 Å². The Bertz CT molecular complexity index is 464. The molecule has 1 aliphatic heterocycles. The van der Waals surface area contributed by atoms with Crippen molar-refractivity contribution in [3.05, 3.63) is 18.2 Å². The summed E-state index contributed by atoms with van der Waals surface area (Å²) >= 11 is 0. The van der Waals surface area contributed by atoms with Crippen LogP contribution in [-0.2, 0) is 22.6 Å². The van der Waals surface area contributed by atoms with E-state index in [1.165, 1.54) is 19.3 Å². The smallest absolute Gasteiger partial charge is 0.234 e. The van der Waals surface area contributed by atoms with Gasteiger partial charge < -0.3 is 14.6 Å². The molecule has 0 aliphatic carbocycles. The van der Waals surface area contributed by atoms with E-state index in [0.717, 1.165) is 12.2 Å². The van der Waals surface area contributed by atoms with Crippen LogP contribution >= 0.6 is 0 Å². The fraction of sp³-hybridized carbons (Fsp3) is 0.750. The number of methoxy groups -OCH3 is 1. The van der Waals surface area contributed by atoms with Crippen LogP contribution in [0.25, 0.3) is 0 Å². The molecule has 124 valence electrons. The minimum absolute atomic E-state index is 0.0834. The average Bonchev–Trinajstić information content (AvgIpc) is 2.94. The largest absolute Gasteiger partial charge is 0.383 e. The van der Waals surface area contributed by atoms with Crippen LogP contribution < -0.4 is 5.32 Å². The number of carbonyl (C=O) groups excluding carboxylic acids is 1. The molecule has 6 heteroatoms. The Morgan fingerprint density at radius 2 is 2.14 bits per heavy atom. The zero-order valence-electron chi connectivity index (χ0n) is 13.9. The van der Waals surface area contributed by atoms with Gasteiger partial charge in [-0.2, -0.15) is 0 Å². The molecule has 1 aromatic rings. The number of nitrogens with zero attached hydrogens (tertiary/aromatic N) is 3. The first-order valence-electron chi connectivity index (χ1n) is 8.12. The third-order valence-electron chi connectivity index (χ3n) is 4.50. The summed E-state index contributed by atoms with van der Waals surface area (Å²) in [5.41, 5.74) is 1.00. The maximum atomic E-state index is 12.2. The zero-order chi connectivity index (χ0) is 15.9. The molecule has 0 saturated carbocycles. The van der Waals surface area contributed by atoms with Gasteiger partial charge in [-0.05, 0) is 26.7 Å². The van der Waals surface area contributed by atoms with Gasteiger partial charge in [0.15, 0.2) is 0 Å². The molecule has 2 atom stereocenters. The number of amides is 1. The van der Waals surface area contributed by atoms with Crippen LogP contribution in [0.5, 0.6) is 0 Å². The lowest BCUT2D eigenvalue weighted by Crippen LogP contribution is -2.48. The van der Waals surface area contributed by atoms with Crippen LogP contribution in [0.15, 0.2) is 12.5 Å². The van der Waals surface area contributed by atoms with E-state index in [0.29, 0.717) is 31.8 Å². The maximum Gasteiger partial charge on any atom is 0.234 e. The second kappa shape index (κ2) is 8.29. The van der Waals surface area contributed by atoms with Crippen molar-refractivity contribution in [1.29, 1.82) is 0 Å². The molecule has 0 unspecified atom stereocenters. The molecular formula is C16H28N4O2. The van der Waals surface area contributed by atoms with Gasteiger partial charge in [0, 0.05) is 31.9 Å². The van der Waals surface area contributed by atoms with Crippen molar-refractivity contribution < 1.29 is 9.53 Å². The first kappa shape index (κ1) is 17.0. The van der Waals surface area contributed by atoms with Crippen molar-refractivity contribution in [2.45, 2.75) is 58.3 Å². The lowest BCUT2D eigenvalue weighted by Gasteiger charge is -2.38. The Morgan fingerprint density at radius 3 is 2.82 bits per heavy atom. The third-order valence-corrected chi connectivity index (χ3v) is 4.50. The lowest BCUT2D eigenvalue weighted by atomic mass is 9.97. The summed E-state index contributed by atoms with van der Waals surface area (Å²) in [5, 5.41) is 3.01. The topological polar surface area (TPSA) is 59.4 Å². The number of imidazole rings is 1. The monoisotopic (exact) mass is 308 g/mol. The van der Waals surface area contributed by atoms with E-state index in [1.54, 1.807) is 19.6 Å². The van der Waals surface area contributed by atoms with Gasteiger partial charge in [0.05, 0.1) is 31.7 Å². The fourth-order valence-electron chi connectivity index (χ4n) is 3.08. The zero-order valence-corrected chi connectivity index (χ0v) is 13.9. The van der Waals surface area contributed by atoms with E-state index < -0.39 is 0 Å². The molecule has 2 rings (SSSR count). The highest BCUT2D eigenvalue weighted by atomic mass is 16.5. The summed E-state index contributed by atoms with van der Waals surface area (Å²) in [5.74, 6) is 0.0834. The maximum absolute atomic E-state index is 12.2. The average molecular weight is 308 g/mol. The summed E-state index contributed by atoms with van der Waals surface area (Å²) in [4.78, 5) is 18.7. The molecule has 0 aromatic carbocycles. The number of likely N-dealkylation sites (tertiary alicyclic amines) is 1. The van der Waals surface area contributed by atoms with Crippen LogP contribution in [0.4, 0.5) is 0 Å². The van der Waals surface area contributed by atoms with Crippen LogP contribution in [0.2, 0.25) is 0 Å². The molecule has 0 spiro atoms. The van der Waals surface area contributed by atoms with Crippen LogP contribution in [0.3, 0.4) is 0 Å². The number of carbonyl (C=O) groups is 1. The number of hydrogen-bond donors (Lipinski definition) is 1. The first-order chi connectivity index (χ1) is 10.6. The lowest BCUT2D eigenvalue weighted by molar-refractivity contribution is -0.124. The van der Waals surface area contributed by atoms with Gasteiger partial charge in [-0.25, -0.2) is 4.98 Å². The van der Waals surface area contributed by atoms with Crippen LogP contribution in [0.1, 0.15) is 38.8 Å². The van der Waals surface area contributed by atoms with Gasteiger partial charge in [-0.15, -0.1) is 0 Å². The number of piperidine rings is 1. The molecule has 1 aliphatic rings.